The third-order valence-electron chi connectivity index (χ3n) is 3.82. The SMILES string of the molecule is COc1ccccc1CNC(=O)c1cc(Nc2ccc(C#N)cc2)ncn1. The second-order valence-corrected chi connectivity index (χ2v) is 5.60. The highest BCUT2D eigenvalue weighted by Crippen LogP contribution is 2.17. The molecule has 0 unspecified atom stereocenters. The van der Waals surface area contributed by atoms with Gasteiger partial charge in [-0.2, -0.15) is 5.26 Å². The van der Waals surface area contributed by atoms with Crippen molar-refractivity contribution in [2.24, 2.45) is 0 Å². The summed E-state index contributed by atoms with van der Waals surface area (Å²) in [5.74, 6) is 0.881. The van der Waals surface area contributed by atoms with Gasteiger partial charge in [-0.25, -0.2) is 9.97 Å². The number of nitrogens with zero attached hydrogens (tertiary/aromatic N) is 3. The van der Waals surface area contributed by atoms with Crippen LogP contribution in [-0.2, 0) is 6.54 Å². The van der Waals surface area contributed by atoms with Gasteiger partial charge in [0.1, 0.15) is 23.6 Å². The molecule has 2 N–H and O–H groups in total. The molecule has 0 aliphatic rings. The van der Waals surface area contributed by atoms with E-state index in [1.165, 1.54) is 6.33 Å². The van der Waals surface area contributed by atoms with Crippen LogP contribution in [0.25, 0.3) is 0 Å². The van der Waals surface area contributed by atoms with Crippen LogP contribution in [0.4, 0.5) is 11.5 Å². The number of hydrogen-bond acceptors (Lipinski definition) is 6. The number of rotatable bonds is 6. The van der Waals surface area contributed by atoms with Crippen molar-refractivity contribution in [1.82, 2.24) is 15.3 Å². The minimum Gasteiger partial charge on any atom is -0.496 e. The predicted molar refractivity (Wildman–Crippen MR) is 101 cm³/mol. The first-order valence-electron chi connectivity index (χ1n) is 8.19. The fourth-order valence-corrected chi connectivity index (χ4v) is 2.44. The molecule has 7 nitrogen and oxygen atoms in total. The Balaban J connectivity index is 1.67. The molecular weight excluding hydrogens is 342 g/mol. The van der Waals surface area contributed by atoms with Gasteiger partial charge in [-0.15, -0.1) is 0 Å². The molecule has 0 fully saturated rings. The van der Waals surface area contributed by atoms with Crippen LogP contribution in [0.3, 0.4) is 0 Å². The van der Waals surface area contributed by atoms with Gasteiger partial charge in [0.2, 0.25) is 0 Å². The maximum Gasteiger partial charge on any atom is 0.270 e. The summed E-state index contributed by atoms with van der Waals surface area (Å²) in [6, 6.07) is 18.0. The van der Waals surface area contributed by atoms with Crippen LogP contribution >= 0.6 is 0 Å². The standard InChI is InChI=1S/C20H17N5O2/c1-27-18-5-3-2-4-15(18)12-22-20(26)17-10-19(24-13-23-17)25-16-8-6-14(11-21)7-9-16/h2-10,13H,12H2,1H3,(H,22,26)(H,23,24,25). The zero-order valence-corrected chi connectivity index (χ0v) is 14.6. The van der Waals surface area contributed by atoms with Gasteiger partial charge in [-0.1, -0.05) is 18.2 Å². The van der Waals surface area contributed by atoms with Gasteiger partial charge in [0, 0.05) is 23.9 Å². The minimum absolute atomic E-state index is 0.246. The summed E-state index contributed by atoms with van der Waals surface area (Å²) in [6.45, 7) is 0.325. The smallest absolute Gasteiger partial charge is 0.270 e. The molecule has 0 saturated heterocycles. The third kappa shape index (κ3) is 4.58. The molecule has 1 amide bonds. The zero-order chi connectivity index (χ0) is 19.1. The Kier molecular flexibility index (Phi) is 5.60. The molecule has 3 rings (SSSR count). The zero-order valence-electron chi connectivity index (χ0n) is 14.6. The molecule has 0 aliphatic heterocycles. The first-order valence-corrected chi connectivity index (χ1v) is 8.19. The molecule has 1 heterocycles. The van der Waals surface area contributed by atoms with Crippen LogP contribution in [0.15, 0.2) is 60.9 Å². The molecule has 7 heteroatoms. The van der Waals surface area contributed by atoms with E-state index in [-0.39, 0.29) is 11.6 Å². The quantitative estimate of drug-likeness (QED) is 0.702. The van der Waals surface area contributed by atoms with E-state index in [1.807, 2.05) is 24.3 Å². The molecule has 0 saturated carbocycles. The second-order valence-electron chi connectivity index (χ2n) is 5.60. The minimum atomic E-state index is -0.314. The van der Waals surface area contributed by atoms with Crippen LogP contribution in [0.5, 0.6) is 5.75 Å². The van der Waals surface area contributed by atoms with Gasteiger partial charge in [0.25, 0.3) is 5.91 Å². The van der Waals surface area contributed by atoms with Gasteiger partial charge in [-0.05, 0) is 30.3 Å². The molecule has 1 aromatic heterocycles. The number of nitrogens with one attached hydrogen (secondary N) is 2. The number of hydrogen-bond donors (Lipinski definition) is 2. The molecule has 0 aliphatic carbocycles. The van der Waals surface area contributed by atoms with Gasteiger partial charge in [0.15, 0.2) is 0 Å². The number of benzene rings is 2. The normalized spacial score (nSPS) is 9.93. The summed E-state index contributed by atoms with van der Waals surface area (Å²) in [6.07, 6.45) is 1.32. The summed E-state index contributed by atoms with van der Waals surface area (Å²) in [7, 11) is 1.59. The molecule has 0 bridgehead atoms. The van der Waals surface area contributed by atoms with E-state index >= 15 is 0 Å². The Hall–Kier alpha value is -3.92. The number of aromatic nitrogens is 2. The summed E-state index contributed by atoms with van der Waals surface area (Å²) in [4.78, 5) is 20.5. The lowest BCUT2D eigenvalue weighted by Gasteiger charge is -2.10. The Labute approximate surface area is 156 Å². The molecule has 0 spiro atoms. The van der Waals surface area contributed by atoms with Crippen molar-refractivity contribution in [3.05, 3.63) is 77.7 Å². The van der Waals surface area contributed by atoms with Gasteiger partial charge in [0.05, 0.1) is 18.7 Å². The summed E-state index contributed by atoms with van der Waals surface area (Å²) >= 11 is 0. The Morgan fingerprint density at radius 1 is 1.15 bits per heavy atom. The largest absolute Gasteiger partial charge is 0.496 e. The Morgan fingerprint density at radius 3 is 2.67 bits per heavy atom. The average molecular weight is 359 g/mol. The highest BCUT2D eigenvalue weighted by molar-refractivity contribution is 5.93. The molecule has 134 valence electrons. The lowest BCUT2D eigenvalue weighted by Crippen LogP contribution is -2.24. The highest BCUT2D eigenvalue weighted by Gasteiger charge is 2.10. The molecule has 2 aromatic carbocycles. The van der Waals surface area contributed by atoms with E-state index in [9.17, 15) is 4.79 Å². The highest BCUT2D eigenvalue weighted by atomic mass is 16.5. The molecule has 0 atom stereocenters. The number of methoxy groups -OCH3 is 1. The summed E-state index contributed by atoms with van der Waals surface area (Å²) in [5, 5.41) is 14.7. The van der Waals surface area contributed by atoms with Crippen molar-refractivity contribution in [3.8, 4) is 11.8 Å². The van der Waals surface area contributed by atoms with Gasteiger partial charge < -0.3 is 15.4 Å². The van der Waals surface area contributed by atoms with E-state index in [1.54, 1.807) is 37.4 Å². The van der Waals surface area contributed by atoms with E-state index in [4.69, 9.17) is 10.00 Å². The maximum atomic E-state index is 12.4. The van der Waals surface area contributed by atoms with Crippen LogP contribution in [0.1, 0.15) is 21.6 Å². The average Bonchev–Trinajstić information content (AvgIpc) is 2.73. The fourth-order valence-electron chi connectivity index (χ4n) is 2.44. The summed E-state index contributed by atoms with van der Waals surface area (Å²) < 4.78 is 5.28. The Bertz CT molecular complexity index is 980. The lowest BCUT2D eigenvalue weighted by atomic mass is 10.2. The van der Waals surface area contributed by atoms with Crippen molar-refractivity contribution in [3.63, 3.8) is 0 Å². The number of nitriles is 1. The van der Waals surface area contributed by atoms with Crippen molar-refractivity contribution < 1.29 is 9.53 Å². The number of carbonyl (C=O) groups excluding carboxylic acids is 1. The fraction of sp³-hybridized carbons (Fsp3) is 0.100. The molecular formula is C20H17N5O2. The van der Waals surface area contributed by atoms with Crippen molar-refractivity contribution in [1.29, 1.82) is 5.26 Å². The van der Waals surface area contributed by atoms with E-state index in [0.29, 0.717) is 23.7 Å². The van der Waals surface area contributed by atoms with Crippen LogP contribution < -0.4 is 15.4 Å². The van der Waals surface area contributed by atoms with Crippen LogP contribution in [0, 0.1) is 11.3 Å². The van der Waals surface area contributed by atoms with Gasteiger partial charge >= 0.3 is 0 Å². The monoisotopic (exact) mass is 359 g/mol. The van der Waals surface area contributed by atoms with E-state index < -0.39 is 0 Å². The first kappa shape index (κ1) is 17.9. The first-order chi connectivity index (χ1) is 13.2. The topological polar surface area (TPSA) is 99.9 Å². The maximum absolute atomic E-state index is 12.4. The molecule has 27 heavy (non-hydrogen) atoms. The van der Waals surface area contributed by atoms with Crippen LogP contribution in [0.2, 0.25) is 0 Å². The summed E-state index contributed by atoms with van der Waals surface area (Å²) in [5.41, 5.74) is 2.45. The molecule has 3 aromatic rings. The van der Waals surface area contributed by atoms with E-state index in [0.717, 1.165) is 11.3 Å². The number of carbonyl (C=O) groups is 1. The van der Waals surface area contributed by atoms with Crippen LogP contribution in [-0.4, -0.2) is 23.0 Å². The predicted octanol–water partition coefficient (Wildman–Crippen LogP) is 3.03. The lowest BCUT2D eigenvalue weighted by molar-refractivity contribution is 0.0945. The number of anilines is 2. The van der Waals surface area contributed by atoms with Gasteiger partial charge in [-0.3, -0.25) is 4.79 Å². The second kappa shape index (κ2) is 8.45. The van der Waals surface area contributed by atoms with E-state index in [2.05, 4.69) is 26.7 Å². The van der Waals surface area contributed by atoms with Crippen molar-refractivity contribution in [2.75, 3.05) is 12.4 Å². The molecule has 0 radical (unpaired) electrons. The third-order valence-corrected chi connectivity index (χ3v) is 3.82. The Morgan fingerprint density at radius 2 is 1.93 bits per heavy atom. The van der Waals surface area contributed by atoms with Crippen molar-refractivity contribution >= 4 is 17.4 Å². The number of ether oxygens (including phenoxy) is 1. The van der Waals surface area contributed by atoms with Crippen molar-refractivity contribution in [2.45, 2.75) is 6.54 Å². The number of amides is 1. The number of para-hydroxylation sites is 1.